The number of nitrogens with zero attached hydrogens (tertiary/aromatic N) is 2. The van der Waals surface area contributed by atoms with E-state index >= 15 is 0 Å². The van der Waals surface area contributed by atoms with E-state index in [0.29, 0.717) is 11.2 Å². The molecular formula is C24H21N3OS. The van der Waals surface area contributed by atoms with Crippen molar-refractivity contribution in [3.8, 4) is 17.1 Å². The lowest BCUT2D eigenvalue weighted by Gasteiger charge is -2.11. The van der Waals surface area contributed by atoms with Crippen LogP contribution >= 0.6 is 11.3 Å². The van der Waals surface area contributed by atoms with Gasteiger partial charge in [-0.2, -0.15) is 0 Å². The van der Waals surface area contributed by atoms with Gasteiger partial charge in [0.2, 0.25) is 0 Å². The third-order valence-electron chi connectivity index (χ3n) is 5.72. The molecule has 5 heteroatoms. The molecule has 0 aliphatic carbocycles. The third kappa shape index (κ3) is 2.73. The van der Waals surface area contributed by atoms with Gasteiger partial charge in [-0.25, -0.2) is 4.98 Å². The molecule has 0 saturated carbocycles. The van der Waals surface area contributed by atoms with Gasteiger partial charge in [-0.3, -0.25) is 4.79 Å². The number of nitrogens with one attached hydrogen (secondary N) is 1. The number of fused-ring (bicyclic) bond motifs is 2. The highest BCUT2D eigenvalue weighted by Gasteiger charge is 2.17. The van der Waals surface area contributed by atoms with Crippen molar-refractivity contribution in [1.82, 2.24) is 14.5 Å². The molecule has 3 heterocycles. The van der Waals surface area contributed by atoms with E-state index < -0.39 is 0 Å². The summed E-state index contributed by atoms with van der Waals surface area (Å²) in [5.41, 5.74) is 5.18. The lowest BCUT2D eigenvalue weighted by atomic mass is 10.1. The van der Waals surface area contributed by atoms with Crippen LogP contribution in [0.25, 0.3) is 38.1 Å². The van der Waals surface area contributed by atoms with Gasteiger partial charge in [0.1, 0.15) is 10.7 Å². The molecule has 0 unspecified atom stereocenters. The number of hydrogen-bond donors (Lipinski definition) is 1. The summed E-state index contributed by atoms with van der Waals surface area (Å²) in [6.45, 7) is 8.18. The van der Waals surface area contributed by atoms with E-state index in [-0.39, 0.29) is 5.56 Å². The number of hydrogen-bond acceptors (Lipinski definition) is 3. The topological polar surface area (TPSA) is 50.7 Å². The molecule has 0 aliphatic rings. The zero-order chi connectivity index (χ0) is 20.3. The molecule has 0 amide bonds. The van der Waals surface area contributed by atoms with Gasteiger partial charge in [-0.1, -0.05) is 30.3 Å². The number of aromatic nitrogens is 3. The fraction of sp³-hybridized carbons (Fsp3) is 0.167. The van der Waals surface area contributed by atoms with E-state index in [9.17, 15) is 4.79 Å². The maximum atomic E-state index is 12.7. The first kappa shape index (κ1) is 17.9. The molecule has 4 nitrogen and oxygen atoms in total. The molecule has 5 rings (SSSR count). The first-order valence-electron chi connectivity index (χ1n) is 9.62. The lowest BCUT2D eigenvalue weighted by Crippen LogP contribution is -2.09. The second kappa shape index (κ2) is 6.42. The molecule has 0 atom stereocenters. The van der Waals surface area contributed by atoms with Crippen molar-refractivity contribution in [2.75, 3.05) is 0 Å². The van der Waals surface area contributed by atoms with Crippen molar-refractivity contribution in [3.63, 3.8) is 0 Å². The molecule has 1 N–H and O–H groups in total. The van der Waals surface area contributed by atoms with Gasteiger partial charge in [-0.15, -0.1) is 11.3 Å². The van der Waals surface area contributed by atoms with Crippen LogP contribution in [0.15, 0.2) is 53.3 Å². The average Bonchev–Trinajstić information content (AvgIpc) is 3.16. The molecule has 144 valence electrons. The fourth-order valence-corrected chi connectivity index (χ4v) is 5.13. The van der Waals surface area contributed by atoms with Crippen molar-refractivity contribution in [2.45, 2.75) is 27.7 Å². The minimum Gasteiger partial charge on any atom is -0.318 e. The van der Waals surface area contributed by atoms with E-state index in [2.05, 4.69) is 71.9 Å². The minimum atomic E-state index is -0.0673. The first-order valence-corrected chi connectivity index (χ1v) is 10.4. The maximum Gasteiger partial charge on any atom is 0.260 e. The summed E-state index contributed by atoms with van der Waals surface area (Å²) in [5.74, 6) is 0.629. The second-order valence-electron chi connectivity index (χ2n) is 7.53. The molecule has 3 aromatic heterocycles. The standard InChI is InChI=1S/C24H21N3OS/c1-13-11-20(22-25-23(28)21-14(2)16(4)29-24(21)26-22)15(3)27(13)19-10-9-17-7-5-6-8-18(17)12-19/h5-12H,1-4H3,(H,25,26,28). The quantitative estimate of drug-likeness (QED) is 0.406. The Morgan fingerprint density at radius 1 is 0.966 bits per heavy atom. The Morgan fingerprint density at radius 2 is 1.72 bits per heavy atom. The Morgan fingerprint density at radius 3 is 2.52 bits per heavy atom. The van der Waals surface area contributed by atoms with E-state index in [0.717, 1.165) is 37.9 Å². The van der Waals surface area contributed by atoms with Gasteiger partial charge in [0.05, 0.1) is 5.39 Å². The summed E-state index contributed by atoms with van der Waals surface area (Å²) < 4.78 is 2.22. The van der Waals surface area contributed by atoms with Crippen molar-refractivity contribution in [1.29, 1.82) is 0 Å². The van der Waals surface area contributed by atoms with Gasteiger partial charge in [0.15, 0.2) is 0 Å². The van der Waals surface area contributed by atoms with Crippen LogP contribution in [0, 0.1) is 27.7 Å². The van der Waals surface area contributed by atoms with Gasteiger partial charge in [0, 0.05) is 27.5 Å². The summed E-state index contributed by atoms with van der Waals surface area (Å²) in [7, 11) is 0. The monoisotopic (exact) mass is 399 g/mol. The average molecular weight is 400 g/mol. The SMILES string of the molecule is Cc1sc2nc(-c3cc(C)n(-c4ccc5ccccc5c4)c3C)[nH]c(=O)c2c1C. The summed E-state index contributed by atoms with van der Waals surface area (Å²) in [5, 5.41) is 3.13. The van der Waals surface area contributed by atoms with E-state index in [1.807, 2.05) is 13.8 Å². The molecule has 0 spiro atoms. The summed E-state index contributed by atoms with van der Waals surface area (Å²) in [6.07, 6.45) is 0. The number of rotatable bonds is 2. The lowest BCUT2D eigenvalue weighted by molar-refractivity contribution is 0.967. The van der Waals surface area contributed by atoms with Crippen LogP contribution in [0.5, 0.6) is 0 Å². The van der Waals surface area contributed by atoms with Crippen molar-refractivity contribution in [2.24, 2.45) is 0 Å². The predicted molar refractivity (Wildman–Crippen MR) is 121 cm³/mol. The molecule has 0 bridgehead atoms. The van der Waals surface area contributed by atoms with Crippen molar-refractivity contribution < 1.29 is 0 Å². The zero-order valence-electron chi connectivity index (χ0n) is 16.8. The largest absolute Gasteiger partial charge is 0.318 e. The Hall–Kier alpha value is -3.18. The zero-order valence-corrected chi connectivity index (χ0v) is 17.6. The number of H-pyrrole nitrogens is 1. The van der Waals surface area contributed by atoms with E-state index in [1.165, 1.54) is 10.8 Å². The third-order valence-corrected chi connectivity index (χ3v) is 6.82. The van der Waals surface area contributed by atoms with E-state index in [4.69, 9.17) is 4.98 Å². The van der Waals surface area contributed by atoms with Gasteiger partial charge >= 0.3 is 0 Å². The molecule has 5 aromatic rings. The first-order chi connectivity index (χ1) is 13.9. The number of aromatic amines is 1. The molecular weight excluding hydrogens is 378 g/mol. The summed E-state index contributed by atoms with van der Waals surface area (Å²) in [4.78, 5) is 22.5. The highest BCUT2D eigenvalue weighted by Crippen LogP contribution is 2.31. The molecule has 29 heavy (non-hydrogen) atoms. The predicted octanol–water partition coefficient (Wildman–Crippen LogP) is 5.83. The highest BCUT2D eigenvalue weighted by molar-refractivity contribution is 7.18. The van der Waals surface area contributed by atoms with Crippen LogP contribution in [0.2, 0.25) is 0 Å². The van der Waals surface area contributed by atoms with Gasteiger partial charge < -0.3 is 9.55 Å². The Labute approximate surface area is 172 Å². The maximum absolute atomic E-state index is 12.7. The van der Waals surface area contributed by atoms with Crippen LogP contribution in [0.3, 0.4) is 0 Å². The number of benzene rings is 2. The minimum absolute atomic E-state index is 0.0673. The molecule has 0 fully saturated rings. The smallest absolute Gasteiger partial charge is 0.260 e. The molecule has 0 saturated heterocycles. The van der Waals surface area contributed by atoms with Gasteiger partial charge in [0.25, 0.3) is 5.56 Å². The normalized spacial score (nSPS) is 11.6. The van der Waals surface area contributed by atoms with Crippen LogP contribution in [0.1, 0.15) is 21.8 Å². The Bertz CT molecular complexity index is 1470. The molecule has 0 radical (unpaired) electrons. The second-order valence-corrected chi connectivity index (χ2v) is 8.73. The molecule has 2 aromatic carbocycles. The van der Waals surface area contributed by atoms with E-state index in [1.54, 1.807) is 11.3 Å². The van der Waals surface area contributed by atoms with Gasteiger partial charge in [-0.05, 0) is 62.2 Å². The number of thiophene rings is 1. The fourth-order valence-electron chi connectivity index (χ4n) is 4.10. The van der Waals surface area contributed by atoms with Crippen LogP contribution in [0.4, 0.5) is 0 Å². The highest BCUT2D eigenvalue weighted by atomic mass is 32.1. The molecule has 0 aliphatic heterocycles. The summed E-state index contributed by atoms with van der Waals surface area (Å²) in [6, 6.07) is 16.9. The Balaban J connectivity index is 1.70. The van der Waals surface area contributed by atoms with Crippen LogP contribution < -0.4 is 5.56 Å². The van der Waals surface area contributed by atoms with Crippen LogP contribution in [-0.4, -0.2) is 14.5 Å². The Kier molecular flexibility index (Phi) is 3.96. The van der Waals surface area contributed by atoms with Crippen LogP contribution in [-0.2, 0) is 0 Å². The summed E-state index contributed by atoms with van der Waals surface area (Å²) >= 11 is 1.58. The van der Waals surface area contributed by atoms with Crippen molar-refractivity contribution >= 4 is 32.3 Å². The van der Waals surface area contributed by atoms with Crippen molar-refractivity contribution in [3.05, 3.63) is 80.7 Å². The number of aryl methyl sites for hydroxylation is 3.